The van der Waals surface area contributed by atoms with Crippen LogP contribution in [0.25, 0.3) is 11.3 Å². The molecule has 0 aliphatic carbocycles. The van der Waals surface area contributed by atoms with Gasteiger partial charge in [0.1, 0.15) is 22.8 Å². The largest absolute Gasteiger partial charge is 0.423 e. The van der Waals surface area contributed by atoms with Gasteiger partial charge in [0, 0.05) is 10.6 Å². The third kappa shape index (κ3) is 3.16. The summed E-state index contributed by atoms with van der Waals surface area (Å²) >= 11 is 12.1. The summed E-state index contributed by atoms with van der Waals surface area (Å²) in [5.41, 5.74) is 1.97. The van der Waals surface area contributed by atoms with Crippen molar-refractivity contribution in [3.8, 4) is 17.0 Å². The highest BCUT2D eigenvalue weighted by molar-refractivity contribution is 6.33. The van der Waals surface area contributed by atoms with Crippen molar-refractivity contribution >= 4 is 29.2 Å². The van der Waals surface area contributed by atoms with Gasteiger partial charge in [0.25, 0.3) is 0 Å². The number of esters is 1. The Morgan fingerprint density at radius 2 is 1.88 bits per heavy atom. The highest BCUT2D eigenvalue weighted by atomic mass is 35.5. The first-order valence-electron chi connectivity index (χ1n) is 7.17. The fourth-order valence-electron chi connectivity index (χ4n) is 2.33. The summed E-state index contributed by atoms with van der Waals surface area (Å²) in [6.45, 7) is 3.46. The van der Waals surface area contributed by atoms with Crippen LogP contribution < -0.4 is 4.74 Å². The lowest BCUT2D eigenvalue weighted by Crippen LogP contribution is -2.11. The minimum Gasteiger partial charge on any atom is -0.423 e. The molecule has 0 saturated heterocycles. The second-order valence-electron chi connectivity index (χ2n) is 5.24. The highest BCUT2D eigenvalue weighted by Crippen LogP contribution is 2.32. The standard InChI is InChI=1S/C18H13Cl2NO3/c1-10-9-12(19)7-8-15(10)23-18(22)16-11(2)24-21-17(16)13-5-3-4-6-14(13)20/h3-9H,1-2H3. The molecule has 2 aromatic carbocycles. The summed E-state index contributed by atoms with van der Waals surface area (Å²) in [6.07, 6.45) is 0. The van der Waals surface area contributed by atoms with E-state index in [1.165, 1.54) is 0 Å². The van der Waals surface area contributed by atoms with E-state index >= 15 is 0 Å². The number of nitrogens with zero attached hydrogens (tertiary/aromatic N) is 1. The zero-order chi connectivity index (χ0) is 17.3. The number of ether oxygens (including phenoxy) is 1. The predicted octanol–water partition coefficient (Wildman–Crippen LogP) is 5.48. The van der Waals surface area contributed by atoms with Gasteiger partial charge < -0.3 is 9.26 Å². The normalized spacial score (nSPS) is 10.7. The molecule has 0 aliphatic rings. The number of aryl methyl sites for hydroxylation is 2. The number of halogens is 2. The first-order valence-corrected chi connectivity index (χ1v) is 7.92. The third-order valence-corrected chi connectivity index (χ3v) is 4.10. The Balaban J connectivity index is 1.99. The number of aromatic nitrogens is 1. The van der Waals surface area contributed by atoms with E-state index in [1.54, 1.807) is 43.3 Å². The molecule has 4 nitrogen and oxygen atoms in total. The second kappa shape index (κ2) is 6.67. The van der Waals surface area contributed by atoms with E-state index in [0.717, 1.165) is 5.56 Å². The van der Waals surface area contributed by atoms with Gasteiger partial charge in [-0.2, -0.15) is 0 Å². The minimum atomic E-state index is -0.561. The smallest absolute Gasteiger partial charge is 0.349 e. The molecule has 3 rings (SSSR count). The summed E-state index contributed by atoms with van der Waals surface area (Å²) < 4.78 is 10.7. The lowest BCUT2D eigenvalue weighted by atomic mass is 10.1. The van der Waals surface area contributed by atoms with Crippen LogP contribution in [0.5, 0.6) is 5.75 Å². The van der Waals surface area contributed by atoms with Crippen molar-refractivity contribution in [2.75, 3.05) is 0 Å². The molecule has 122 valence electrons. The van der Waals surface area contributed by atoms with Crippen LogP contribution in [0.1, 0.15) is 21.7 Å². The average molecular weight is 362 g/mol. The molecule has 0 radical (unpaired) electrons. The van der Waals surface area contributed by atoms with Crippen LogP contribution in [0.15, 0.2) is 47.0 Å². The summed E-state index contributed by atoms with van der Waals surface area (Å²) in [6, 6.07) is 12.1. The Labute approximate surface area is 148 Å². The van der Waals surface area contributed by atoms with Gasteiger partial charge in [-0.3, -0.25) is 0 Å². The fourth-order valence-corrected chi connectivity index (χ4v) is 2.78. The maximum atomic E-state index is 12.6. The predicted molar refractivity (Wildman–Crippen MR) is 92.8 cm³/mol. The zero-order valence-electron chi connectivity index (χ0n) is 13.0. The minimum absolute atomic E-state index is 0.248. The van der Waals surface area contributed by atoms with Crippen LogP contribution in [-0.4, -0.2) is 11.1 Å². The van der Waals surface area contributed by atoms with E-state index in [9.17, 15) is 4.79 Å². The van der Waals surface area contributed by atoms with Crippen LogP contribution in [-0.2, 0) is 0 Å². The SMILES string of the molecule is Cc1cc(Cl)ccc1OC(=O)c1c(-c2ccccc2Cl)noc1C. The topological polar surface area (TPSA) is 52.3 Å². The molecule has 0 saturated carbocycles. The van der Waals surface area contributed by atoms with Crippen molar-refractivity contribution < 1.29 is 14.1 Å². The third-order valence-electron chi connectivity index (χ3n) is 3.54. The van der Waals surface area contributed by atoms with Gasteiger partial charge in [0.05, 0.1) is 5.02 Å². The molecule has 0 spiro atoms. The first-order chi connectivity index (χ1) is 11.5. The Hall–Kier alpha value is -2.30. The van der Waals surface area contributed by atoms with E-state index in [-0.39, 0.29) is 5.56 Å². The Bertz CT molecular complexity index is 918. The van der Waals surface area contributed by atoms with Gasteiger partial charge >= 0.3 is 5.97 Å². The molecule has 0 atom stereocenters. The second-order valence-corrected chi connectivity index (χ2v) is 6.09. The van der Waals surface area contributed by atoms with Crippen LogP contribution in [0, 0.1) is 13.8 Å². The van der Waals surface area contributed by atoms with E-state index in [4.69, 9.17) is 32.5 Å². The van der Waals surface area contributed by atoms with Crippen molar-refractivity contribution in [3.05, 3.63) is 69.4 Å². The van der Waals surface area contributed by atoms with Crippen LogP contribution in [0.3, 0.4) is 0 Å². The quantitative estimate of drug-likeness (QED) is 0.457. The van der Waals surface area contributed by atoms with Gasteiger partial charge in [-0.15, -0.1) is 0 Å². The van der Waals surface area contributed by atoms with Crippen molar-refractivity contribution in [1.82, 2.24) is 5.16 Å². The van der Waals surface area contributed by atoms with Crippen molar-refractivity contribution in [1.29, 1.82) is 0 Å². The van der Waals surface area contributed by atoms with Gasteiger partial charge in [-0.25, -0.2) is 4.79 Å². The van der Waals surface area contributed by atoms with Crippen LogP contribution >= 0.6 is 23.2 Å². The fraction of sp³-hybridized carbons (Fsp3) is 0.111. The number of carbonyl (C=O) groups is 1. The first kappa shape index (κ1) is 16.6. The lowest BCUT2D eigenvalue weighted by molar-refractivity contribution is 0.0732. The Morgan fingerprint density at radius 1 is 1.12 bits per heavy atom. The molecule has 0 unspecified atom stereocenters. The number of hydrogen-bond acceptors (Lipinski definition) is 4. The maximum Gasteiger partial charge on any atom is 0.349 e. The average Bonchev–Trinajstić information content (AvgIpc) is 2.92. The Kier molecular flexibility index (Phi) is 4.60. The summed E-state index contributed by atoms with van der Waals surface area (Å²) in [5.74, 6) is 0.228. The number of rotatable bonds is 3. The molecular formula is C18H13Cl2NO3. The van der Waals surface area contributed by atoms with Crippen molar-refractivity contribution in [2.24, 2.45) is 0 Å². The van der Waals surface area contributed by atoms with Gasteiger partial charge in [-0.1, -0.05) is 46.6 Å². The van der Waals surface area contributed by atoms with E-state index in [2.05, 4.69) is 5.16 Å². The molecule has 3 aromatic rings. The molecule has 6 heteroatoms. The summed E-state index contributed by atoms with van der Waals surface area (Å²) in [5, 5.41) is 5.01. The van der Waals surface area contributed by atoms with Crippen LogP contribution in [0.4, 0.5) is 0 Å². The number of carbonyl (C=O) groups excluding carboxylic acids is 1. The van der Waals surface area contributed by atoms with Gasteiger partial charge in [0.15, 0.2) is 0 Å². The molecule has 0 bridgehead atoms. The van der Waals surface area contributed by atoms with Crippen LogP contribution in [0.2, 0.25) is 10.0 Å². The molecular weight excluding hydrogens is 349 g/mol. The molecule has 0 amide bonds. The molecule has 0 aliphatic heterocycles. The maximum absolute atomic E-state index is 12.6. The highest BCUT2D eigenvalue weighted by Gasteiger charge is 2.25. The van der Waals surface area contributed by atoms with Gasteiger partial charge in [-0.05, 0) is 43.7 Å². The Morgan fingerprint density at radius 3 is 2.58 bits per heavy atom. The zero-order valence-corrected chi connectivity index (χ0v) is 14.5. The lowest BCUT2D eigenvalue weighted by Gasteiger charge is -2.08. The van der Waals surface area contributed by atoms with E-state index < -0.39 is 5.97 Å². The van der Waals surface area contributed by atoms with Crippen molar-refractivity contribution in [3.63, 3.8) is 0 Å². The molecule has 1 aromatic heterocycles. The monoisotopic (exact) mass is 361 g/mol. The molecule has 24 heavy (non-hydrogen) atoms. The van der Waals surface area contributed by atoms with Crippen molar-refractivity contribution in [2.45, 2.75) is 13.8 Å². The van der Waals surface area contributed by atoms with Gasteiger partial charge in [0.2, 0.25) is 0 Å². The molecule has 1 heterocycles. The molecule has 0 fully saturated rings. The molecule has 0 N–H and O–H groups in total. The summed E-state index contributed by atoms with van der Waals surface area (Å²) in [4.78, 5) is 12.6. The van der Waals surface area contributed by atoms with E-state index in [0.29, 0.717) is 32.8 Å². The summed E-state index contributed by atoms with van der Waals surface area (Å²) in [7, 11) is 0. The van der Waals surface area contributed by atoms with E-state index in [1.807, 2.05) is 13.0 Å². The number of benzene rings is 2. The number of hydrogen-bond donors (Lipinski definition) is 0.